The van der Waals surface area contributed by atoms with Gasteiger partial charge < -0.3 is 5.11 Å². The van der Waals surface area contributed by atoms with Crippen LogP contribution >= 0.6 is 0 Å². The van der Waals surface area contributed by atoms with Crippen molar-refractivity contribution in [3.05, 3.63) is 35.4 Å². The summed E-state index contributed by atoms with van der Waals surface area (Å²) < 4.78 is 0. The Hall–Kier alpha value is -1.64. The van der Waals surface area contributed by atoms with Crippen LogP contribution in [0.4, 0.5) is 0 Å². The van der Waals surface area contributed by atoms with Gasteiger partial charge in [0.1, 0.15) is 12.2 Å². The minimum atomic E-state index is -1.03. The van der Waals surface area contributed by atoms with E-state index in [2.05, 4.69) is 12.1 Å². The number of carboxylic acids is 1. The van der Waals surface area contributed by atoms with Gasteiger partial charge in [0.05, 0.1) is 0 Å². The fourth-order valence-electron chi connectivity index (χ4n) is 2.58. The Bertz CT molecular complexity index is 437. The zero-order valence-corrected chi connectivity index (χ0v) is 9.69. The number of Topliss-reactive ketones (excluding diaryl/α,β-unsaturated/α-hetero) is 1. The van der Waals surface area contributed by atoms with E-state index in [-0.39, 0.29) is 18.1 Å². The third-order valence-electron chi connectivity index (χ3n) is 3.32. The first kappa shape index (κ1) is 11.8. The summed E-state index contributed by atoms with van der Waals surface area (Å²) in [6, 6.07) is 8.16. The van der Waals surface area contributed by atoms with Gasteiger partial charge in [-0.05, 0) is 36.3 Å². The van der Waals surface area contributed by atoms with Crippen molar-refractivity contribution in [1.82, 2.24) is 0 Å². The maximum atomic E-state index is 11.6. The fraction of sp³-hybridized carbons (Fsp3) is 0.429. The molecule has 3 heteroatoms. The molecule has 1 aromatic carbocycles. The minimum Gasteiger partial charge on any atom is -0.481 e. The van der Waals surface area contributed by atoms with E-state index in [1.54, 1.807) is 0 Å². The van der Waals surface area contributed by atoms with Crippen LogP contribution < -0.4 is 0 Å². The quantitative estimate of drug-likeness (QED) is 0.811. The predicted molar refractivity (Wildman–Crippen MR) is 64.0 cm³/mol. The van der Waals surface area contributed by atoms with Crippen molar-refractivity contribution < 1.29 is 14.7 Å². The standard InChI is InChI=1S/C14H16O3/c15-12(9-14(16)17)8-11-6-3-5-10-4-1-2-7-13(10)11/h1-2,4,7,11H,3,5-6,8-9H2,(H,16,17). The van der Waals surface area contributed by atoms with Crippen LogP contribution in [0.15, 0.2) is 24.3 Å². The molecular weight excluding hydrogens is 216 g/mol. The molecule has 1 aliphatic carbocycles. The van der Waals surface area contributed by atoms with Crippen molar-refractivity contribution in [2.45, 2.75) is 38.0 Å². The Morgan fingerprint density at radius 3 is 2.82 bits per heavy atom. The molecule has 2 rings (SSSR count). The van der Waals surface area contributed by atoms with Crippen molar-refractivity contribution in [3.8, 4) is 0 Å². The molecule has 0 saturated carbocycles. The molecule has 0 spiro atoms. The number of ketones is 1. The summed E-state index contributed by atoms with van der Waals surface area (Å²) in [5.74, 6) is -0.981. The third kappa shape index (κ3) is 2.93. The van der Waals surface area contributed by atoms with Crippen molar-refractivity contribution in [1.29, 1.82) is 0 Å². The lowest BCUT2D eigenvalue weighted by Gasteiger charge is -2.24. The monoisotopic (exact) mass is 232 g/mol. The molecule has 3 nitrogen and oxygen atoms in total. The average molecular weight is 232 g/mol. The van der Waals surface area contributed by atoms with Gasteiger partial charge in [0.25, 0.3) is 0 Å². The van der Waals surface area contributed by atoms with E-state index in [4.69, 9.17) is 5.11 Å². The van der Waals surface area contributed by atoms with Gasteiger partial charge in [-0.3, -0.25) is 9.59 Å². The number of hydrogen-bond donors (Lipinski definition) is 1. The Balaban J connectivity index is 2.08. The van der Waals surface area contributed by atoms with E-state index in [9.17, 15) is 9.59 Å². The molecule has 1 aliphatic rings. The normalized spacial score (nSPS) is 18.5. The highest BCUT2D eigenvalue weighted by molar-refractivity contribution is 5.95. The molecule has 1 aromatic rings. The maximum absolute atomic E-state index is 11.6. The molecule has 0 radical (unpaired) electrons. The Morgan fingerprint density at radius 2 is 2.06 bits per heavy atom. The number of fused-ring (bicyclic) bond motifs is 1. The van der Waals surface area contributed by atoms with Gasteiger partial charge in [0.15, 0.2) is 0 Å². The van der Waals surface area contributed by atoms with E-state index in [1.165, 1.54) is 11.1 Å². The number of rotatable bonds is 4. The van der Waals surface area contributed by atoms with Crippen LogP contribution in [0.2, 0.25) is 0 Å². The lowest BCUT2D eigenvalue weighted by atomic mass is 9.80. The first-order chi connectivity index (χ1) is 8.16. The highest BCUT2D eigenvalue weighted by Gasteiger charge is 2.22. The Morgan fingerprint density at radius 1 is 1.29 bits per heavy atom. The zero-order valence-electron chi connectivity index (χ0n) is 9.69. The largest absolute Gasteiger partial charge is 0.481 e. The smallest absolute Gasteiger partial charge is 0.310 e. The number of hydrogen-bond acceptors (Lipinski definition) is 2. The number of aryl methyl sites for hydroxylation is 1. The van der Waals surface area contributed by atoms with Crippen molar-refractivity contribution in [2.24, 2.45) is 0 Å². The van der Waals surface area contributed by atoms with Gasteiger partial charge in [0, 0.05) is 6.42 Å². The Labute approximate surface area is 100 Å². The predicted octanol–water partition coefficient (Wildman–Crippen LogP) is 2.54. The Kier molecular flexibility index (Phi) is 3.57. The third-order valence-corrected chi connectivity index (χ3v) is 3.32. The van der Waals surface area contributed by atoms with Crippen LogP contribution in [0.3, 0.4) is 0 Å². The summed E-state index contributed by atoms with van der Waals surface area (Å²) in [7, 11) is 0. The van der Waals surface area contributed by atoms with Gasteiger partial charge in [-0.1, -0.05) is 24.3 Å². The molecule has 17 heavy (non-hydrogen) atoms. The molecule has 0 saturated heterocycles. The summed E-state index contributed by atoms with van der Waals surface area (Å²) in [5.41, 5.74) is 2.55. The number of aliphatic carboxylic acids is 1. The van der Waals surface area contributed by atoms with Crippen LogP contribution in [-0.4, -0.2) is 16.9 Å². The van der Waals surface area contributed by atoms with Crippen LogP contribution in [0.1, 0.15) is 42.7 Å². The second kappa shape index (κ2) is 5.13. The summed E-state index contributed by atoms with van der Waals surface area (Å²) in [6.45, 7) is 0. The zero-order chi connectivity index (χ0) is 12.3. The second-order valence-electron chi connectivity index (χ2n) is 4.60. The lowest BCUT2D eigenvalue weighted by Crippen LogP contribution is -2.15. The number of benzene rings is 1. The molecule has 1 N–H and O–H groups in total. The molecule has 1 atom stereocenters. The first-order valence-corrected chi connectivity index (χ1v) is 5.98. The molecule has 90 valence electrons. The fourth-order valence-corrected chi connectivity index (χ4v) is 2.58. The summed E-state index contributed by atoms with van der Waals surface area (Å²) in [4.78, 5) is 22.0. The van der Waals surface area contributed by atoms with Crippen LogP contribution in [0.25, 0.3) is 0 Å². The number of carboxylic acid groups (broad SMARTS) is 1. The summed E-state index contributed by atoms with van der Waals surface area (Å²) >= 11 is 0. The molecule has 0 amide bonds. The number of carbonyl (C=O) groups is 2. The molecule has 0 aliphatic heterocycles. The number of carbonyl (C=O) groups excluding carboxylic acids is 1. The van der Waals surface area contributed by atoms with Crippen LogP contribution in [-0.2, 0) is 16.0 Å². The summed E-state index contributed by atoms with van der Waals surface area (Å²) in [6.07, 6.45) is 3.16. The van der Waals surface area contributed by atoms with Gasteiger partial charge in [-0.15, -0.1) is 0 Å². The van der Waals surface area contributed by atoms with Gasteiger partial charge >= 0.3 is 5.97 Å². The van der Waals surface area contributed by atoms with Crippen molar-refractivity contribution in [2.75, 3.05) is 0 Å². The van der Waals surface area contributed by atoms with E-state index in [0.29, 0.717) is 6.42 Å². The molecule has 1 unspecified atom stereocenters. The topological polar surface area (TPSA) is 54.4 Å². The molecule has 0 bridgehead atoms. The molecule has 0 aromatic heterocycles. The minimum absolute atomic E-state index is 0.167. The average Bonchev–Trinajstić information content (AvgIpc) is 2.28. The van der Waals surface area contributed by atoms with E-state index in [0.717, 1.165) is 19.3 Å². The first-order valence-electron chi connectivity index (χ1n) is 5.98. The van der Waals surface area contributed by atoms with Crippen molar-refractivity contribution in [3.63, 3.8) is 0 Å². The van der Waals surface area contributed by atoms with Crippen molar-refractivity contribution >= 4 is 11.8 Å². The highest BCUT2D eigenvalue weighted by Crippen LogP contribution is 2.34. The lowest BCUT2D eigenvalue weighted by molar-refractivity contribution is -0.140. The maximum Gasteiger partial charge on any atom is 0.310 e. The van der Waals surface area contributed by atoms with E-state index in [1.807, 2.05) is 12.1 Å². The van der Waals surface area contributed by atoms with Crippen LogP contribution in [0, 0.1) is 0 Å². The molecule has 0 fully saturated rings. The molecule has 0 heterocycles. The van der Waals surface area contributed by atoms with Gasteiger partial charge in [0.2, 0.25) is 0 Å². The van der Waals surface area contributed by atoms with Gasteiger partial charge in [-0.25, -0.2) is 0 Å². The van der Waals surface area contributed by atoms with Crippen LogP contribution in [0.5, 0.6) is 0 Å². The van der Waals surface area contributed by atoms with Gasteiger partial charge in [-0.2, -0.15) is 0 Å². The second-order valence-corrected chi connectivity index (χ2v) is 4.60. The molecular formula is C14H16O3. The van der Waals surface area contributed by atoms with E-state index < -0.39 is 5.97 Å². The highest BCUT2D eigenvalue weighted by atomic mass is 16.4. The van der Waals surface area contributed by atoms with E-state index >= 15 is 0 Å². The summed E-state index contributed by atoms with van der Waals surface area (Å²) in [5, 5.41) is 8.59. The SMILES string of the molecule is O=C(O)CC(=O)CC1CCCc2ccccc21.